The molecule has 4 nitrogen and oxygen atoms in total. The van der Waals surface area contributed by atoms with E-state index in [0.29, 0.717) is 5.82 Å². The maximum atomic E-state index is 11.4. The van der Waals surface area contributed by atoms with Gasteiger partial charge in [0.05, 0.1) is 5.69 Å². The zero-order chi connectivity index (χ0) is 10.1. The van der Waals surface area contributed by atoms with Gasteiger partial charge < -0.3 is 0 Å². The lowest BCUT2D eigenvalue weighted by Gasteiger charge is -2.01. The lowest BCUT2D eigenvalue weighted by atomic mass is 10.3. The number of hydrogen-bond donors (Lipinski definition) is 1. The third-order valence-corrected chi connectivity index (χ3v) is 2.64. The van der Waals surface area contributed by atoms with Crippen molar-refractivity contribution in [3.8, 4) is 5.69 Å². The van der Waals surface area contributed by atoms with Crippen LogP contribution in [0.2, 0.25) is 0 Å². The molecule has 0 spiro atoms. The summed E-state index contributed by atoms with van der Waals surface area (Å²) in [7, 11) is 0. The normalized spacial score (nSPS) is 10.4. The number of H-pyrrole nitrogens is 1. The van der Waals surface area contributed by atoms with E-state index in [4.69, 9.17) is 0 Å². The highest BCUT2D eigenvalue weighted by molar-refractivity contribution is 14.1. The first-order chi connectivity index (χ1) is 6.68. The highest BCUT2D eigenvalue weighted by Gasteiger charge is 2.04. The van der Waals surface area contributed by atoms with E-state index in [2.05, 4.69) is 32.8 Å². The van der Waals surface area contributed by atoms with Crippen LogP contribution in [0.15, 0.2) is 29.1 Å². The Hall–Kier alpha value is -1.11. The van der Waals surface area contributed by atoms with Crippen molar-refractivity contribution >= 4 is 22.6 Å². The van der Waals surface area contributed by atoms with Crippen LogP contribution >= 0.6 is 22.6 Å². The molecule has 0 aliphatic heterocycles. The van der Waals surface area contributed by atoms with Gasteiger partial charge in [-0.2, -0.15) is 5.10 Å². The van der Waals surface area contributed by atoms with Crippen molar-refractivity contribution < 1.29 is 0 Å². The van der Waals surface area contributed by atoms with Crippen molar-refractivity contribution in [2.75, 3.05) is 0 Å². The Morgan fingerprint density at radius 2 is 2.00 bits per heavy atom. The molecule has 1 heterocycles. The number of aromatic nitrogens is 3. The third-order valence-electron chi connectivity index (χ3n) is 1.92. The van der Waals surface area contributed by atoms with E-state index in [1.807, 2.05) is 24.3 Å². The standard InChI is InChI=1S/C9H8IN3O/c1-6-11-12-9(14)13(6)8-4-2-7(10)3-5-8/h2-5H,1H3,(H,12,14). The van der Waals surface area contributed by atoms with E-state index in [1.54, 1.807) is 6.92 Å². The molecule has 0 radical (unpaired) electrons. The average Bonchev–Trinajstić information content (AvgIpc) is 2.49. The summed E-state index contributed by atoms with van der Waals surface area (Å²) in [6.07, 6.45) is 0. The second-order valence-electron chi connectivity index (χ2n) is 2.89. The Balaban J connectivity index is 2.60. The number of nitrogens with one attached hydrogen (secondary N) is 1. The Morgan fingerprint density at radius 3 is 2.50 bits per heavy atom. The van der Waals surface area contributed by atoms with Gasteiger partial charge in [-0.3, -0.25) is 0 Å². The van der Waals surface area contributed by atoms with Crippen molar-refractivity contribution in [3.63, 3.8) is 0 Å². The molecule has 5 heteroatoms. The van der Waals surface area contributed by atoms with Crippen LogP contribution in [-0.4, -0.2) is 14.8 Å². The first kappa shape index (κ1) is 9.45. The van der Waals surface area contributed by atoms with Crippen LogP contribution < -0.4 is 5.69 Å². The monoisotopic (exact) mass is 301 g/mol. The minimum absolute atomic E-state index is 0.205. The number of aryl methyl sites for hydroxylation is 1. The molecule has 0 fully saturated rings. The molecular formula is C9H8IN3O. The minimum atomic E-state index is -0.205. The predicted molar refractivity (Wildman–Crippen MR) is 61.6 cm³/mol. The molecule has 1 aromatic heterocycles. The van der Waals surface area contributed by atoms with Gasteiger partial charge in [-0.25, -0.2) is 14.5 Å². The lowest BCUT2D eigenvalue weighted by Crippen LogP contribution is -2.15. The summed E-state index contributed by atoms with van der Waals surface area (Å²) < 4.78 is 2.68. The molecule has 2 rings (SSSR count). The summed E-state index contributed by atoms with van der Waals surface area (Å²) in [5, 5.41) is 6.24. The molecule has 1 aromatic carbocycles. The van der Waals surface area contributed by atoms with Gasteiger partial charge in [-0.1, -0.05) is 0 Å². The van der Waals surface area contributed by atoms with E-state index >= 15 is 0 Å². The average molecular weight is 301 g/mol. The fourth-order valence-electron chi connectivity index (χ4n) is 1.27. The van der Waals surface area contributed by atoms with Crippen molar-refractivity contribution in [1.82, 2.24) is 14.8 Å². The molecule has 0 aliphatic rings. The summed E-state index contributed by atoms with van der Waals surface area (Å²) in [5.41, 5.74) is 0.630. The van der Waals surface area contributed by atoms with Gasteiger partial charge in [0.2, 0.25) is 0 Å². The highest BCUT2D eigenvalue weighted by Crippen LogP contribution is 2.10. The van der Waals surface area contributed by atoms with Gasteiger partial charge in [-0.05, 0) is 53.8 Å². The van der Waals surface area contributed by atoms with Crippen LogP contribution in [-0.2, 0) is 0 Å². The summed E-state index contributed by atoms with van der Waals surface area (Å²) in [6.45, 7) is 1.79. The first-order valence-corrected chi connectivity index (χ1v) is 5.16. The maximum Gasteiger partial charge on any atom is 0.347 e. The quantitative estimate of drug-likeness (QED) is 0.811. The van der Waals surface area contributed by atoms with Crippen LogP contribution in [0.5, 0.6) is 0 Å². The lowest BCUT2D eigenvalue weighted by molar-refractivity contribution is 0.944. The molecule has 0 atom stereocenters. The zero-order valence-corrected chi connectivity index (χ0v) is 9.65. The largest absolute Gasteiger partial charge is 0.347 e. The maximum absolute atomic E-state index is 11.4. The molecule has 0 unspecified atom stereocenters. The summed E-state index contributed by atoms with van der Waals surface area (Å²) >= 11 is 2.22. The summed E-state index contributed by atoms with van der Waals surface area (Å²) in [5.74, 6) is 0.663. The topological polar surface area (TPSA) is 50.7 Å². The van der Waals surface area contributed by atoms with Crippen LogP contribution in [0.25, 0.3) is 5.69 Å². The van der Waals surface area contributed by atoms with E-state index in [0.717, 1.165) is 9.26 Å². The second kappa shape index (κ2) is 3.56. The molecule has 0 saturated heterocycles. The predicted octanol–water partition coefficient (Wildman–Crippen LogP) is 1.47. The van der Waals surface area contributed by atoms with Crippen molar-refractivity contribution in [3.05, 3.63) is 44.1 Å². The molecule has 0 saturated carbocycles. The highest BCUT2D eigenvalue weighted by atomic mass is 127. The molecule has 0 amide bonds. The molecular weight excluding hydrogens is 293 g/mol. The van der Waals surface area contributed by atoms with Gasteiger partial charge >= 0.3 is 5.69 Å². The molecule has 0 aliphatic carbocycles. The number of nitrogens with zero attached hydrogens (tertiary/aromatic N) is 2. The smallest absolute Gasteiger partial charge is 0.247 e. The van der Waals surface area contributed by atoms with E-state index in [-0.39, 0.29) is 5.69 Å². The third kappa shape index (κ3) is 1.59. The van der Waals surface area contributed by atoms with E-state index in [1.165, 1.54) is 4.57 Å². The molecule has 72 valence electrons. The van der Waals surface area contributed by atoms with Gasteiger partial charge in [0, 0.05) is 3.57 Å². The number of aromatic amines is 1. The minimum Gasteiger partial charge on any atom is -0.247 e. The Bertz CT molecular complexity index is 498. The fourth-order valence-corrected chi connectivity index (χ4v) is 1.63. The van der Waals surface area contributed by atoms with Gasteiger partial charge in [0.15, 0.2) is 0 Å². The molecule has 1 N–H and O–H groups in total. The van der Waals surface area contributed by atoms with Crippen LogP contribution in [0.3, 0.4) is 0 Å². The SMILES string of the molecule is Cc1n[nH]c(=O)n1-c1ccc(I)cc1. The van der Waals surface area contributed by atoms with Crippen LogP contribution in [0, 0.1) is 10.5 Å². The number of rotatable bonds is 1. The first-order valence-electron chi connectivity index (χ1n) is 4.08. The Morgan fingerprint density at radius 1 is 1.36 bits per heavy atom. The molecule has 0 bridgehead atoms. The van der Waals surface area contributed by atoms with E-state index in [9.17, 15) is 4.79 Å². The summed E-state index contributed by atoms with van der Waals surface area (Å²) in [4.78, 5) is 11.4. The molecule has 14 heavy (non-hydrogen) atoms. The van der Waals surface area contributed by atoms with Crippen molar-refractivity contribution in [1.29, 1.82) is 0 Å². The van der Waals surface area contributed by atoms with Crippen LogP contribution in [0.1, 0.15) is 5.82 Å². The van der Waals surface area contributed by atoms with Gasteiger partial charge in [0.25, 0.3) is 0 Å². The fraction of sp³-hybridized carbons (Fsp3) is 0.111. The second-order valence-corrected chi connectivity index (χ2v) is 4.13. The number of benzene rings is 1. The summed E-state index contributed by atoms with van der Waals surface area (Å²) in [6, 6.07) is 7.70. The molecule has 2 aromatic rings. The zero-order valence-electron chi connectivity index (χ0n) is 7.49. The van der Waals surface area contributed by atoms with Crippen molar-refractivity contribution in [2.45, 2.75) is 6.92 Å². The van der Waals surface area contributed by atoms with Crippen LogP contribution in [0.4, 0.5) is 0 Å². The Kier molecular flexibility index (Phi) is 2.40. The number of halogens is 1. The van der Waals surface area contributed by atoms with Crippen molar-refractivity contribution in [2.24, 2.45) is 0 Å². The van der Waals surface area contributed by atoms with Gasteiger partial charge in [-0.15, -0.1) is 0 Å². The van der Waals surface area contributed by atoms with E-state index < -0.39 is 0 Å². The number of hydrogen-bond acceptors (Lipinski definition) is 2. The van der Waals surface area contributed by atoms with Gasteiger partial charge in [0.1, 0.15) is 5.82 Å². The Labute approximate surface area is 94.1 Å².